The van der Waals surface area contributed by atoms with E-state index in [-0.39, 0.29) is 0 Å². The fourth-order valence-electron chi connectivity index (χ4n) is 0.723. The highest BCUT2D eigenvalue weighted by Crippen LogP contribution is 2.13. The molecule has 0 aliphatic rings. The van der Waals surface area contributed by atoms with Gasteiger partial charge in [-0.25, -0.2) is 0 Å². The topological polar surface area (TPSA) is 21.3 Å². The normalized spacial score (nSPS) is 10.2. The molecule has 0 fully saturated rings. The van der Waals surface area contributed by atoms with Gasteiger partial charge in [-0.2, -0.15) is 5.48 Å². The maximum atomic E-state index is 4.71. The van der Waals surface area contributed by atoms with Gasteiger partial charge in [0.25, 0.3) is 0 Å². The van der Waals surface area contributed by atoms with E-state index in [0.717, 1.165) is 6.54 Å². The van der Waals surface area contributed by atoms with Gasteiger partial charge in [0.2, 0.25) is 0 Å². The molecule has 10 heavy (non-hydrogen) atoms. The fraction of sp³-hybridized carbons (Fsp3) is 0.429. The van der Waals surface area contributed by atoms with E-state index in [0.29, 0.717) is 0 Å². The van der Waals surface area contributed by atoms with E-state index in [1.807, 2.05) is 0 Å². The quantitative estimate of drug-likeness (QED) is 0.674. The summed E-state index contributed by atoms with van der Waals surface area (Å²) < 4.78 is 0. The van der Waals surface area contributed by atoms with Gasteiger partial charge in [0.1, 0.15) is 0 Å². The van der Waals surface area contributed by atoms with Gasteiger partial charge in [-0.05, 0) is 19.1 Å². The summed E-state index contributed by atoms with van der Waals surface area (Å²) in [6.45, 7) is 2.90. The van der Waals surface area contributed by atoms with Crippen molar-refractivity contribution in [1.82, 2.24) is 5.48 Å². The number of hydrogen-bond donors (Lipinski definition) is 1. The van der Waals surface area contributed by atoms with Crippen LogP contribution in [0.1, 0.15) is 9.75 Å². The Bertz CT molecular complexity index is 197. The molecule has 0 radical (unpaired) electrons. The number of thiophene rings is 1. The third-order valence-corrected chi connectivity index (χ3v) is 2.19. The van der Waals surface area contributed by atoms with Crippen LogP contribution in [0.25, 0.3) is 0 Å². The molecule has 1 rings (SSSR count). The molecule has 0 spiro atoms. The maximum Gasteiger partial charge on any atom is 0.0572 e. The molecule has 0 unspecified atom stereocenters. The molecule has 0 saturated heterocycles. The van der Waals surface area contributed by atoms with Gasteiger partial charge >= 0.3 is 0 Å². The number of nitrogens with one attached hydrogen (secondary N) is 1. The van der Waals surface area contributed by atoms with Crippen LogP contribution >= 0.6 is 11.3 Å². The van der Waals surface area contributed by atoms with E-state index in [2.05, 4.69) is 24.5 Å². The van der Waals surface area contributed by atoms with Crippen molar-refractivity contribution in [2.45, 2.75) is 13.5 Å². The Morgan fingerprint density at radius 2 is 2.40 bits per heavy atom. The Kier molecular flexibility index (Phi) is 2.86. The number of rotatable bonds is 3. The third-order valence-electron chi connectivity index (χ3n) is 1.19. The third kappa shape index (κ3) is 2.10. The van der Waals surface area contributed by atoms with Crippen molar-refractivity contribution in [3.8, 4) is 0 Å². The summed E-state index contributed by atoms with van der Waals surface area (Å²) in [6.07, 6.45) is 0. The fourth-order valence-corrected chi connectivity index (χ4v) is 1.54. The standard InChI is InChI=1S/C7H11NOS/c1-6-3-4-7(10-6)5-8-9-2/h3-4,8H,5H2,1-2H3. The molecule has 0 aromatic carbocycles. The average Bonchev–Trinajstić information content (AvgIpc) is 2.31. The molecule has 0 atom stereocenters. The summed E-state index contributed by atoms with van der Waals surface area (Å²) in [4.78, 5) is 7.36. The van der Waals surface area contributed by atoms with E-state index in [1.54, 1.807) is 18.4 Å². The average molecular weight is 157 g/mol. The Hall–Kier alpha value is -0.380. The van der Waals surface area contributed by atoms with Gasteiger partial charge in [-0.3, -0.25) is 0 Å². The first-order chi connectivity index (χ1) is 4.83. The molecule has 3 heteroatoms. The van der Waals surface area contributed by atoms with Crippen LogP contribution in [0.3, 0.4) is 0 Å². The van der Waals surface area contributed by atoms with E-state index in [9.17, 15) is 0 Å². The maximum absolute atomic E-state index is 4.71. The first-order valence-electron chi connectivity index (χ1n) is 3.14. The predicted octanol–water partition coefficient (Wildman–Crippen LogP) is 1.71. The molecule has 1 N–H and O–H groups in total. The molecule has 56 valence electrons. The molecule has 0 aliphatic heterocycles. The van der Waals surface area contributed by atoms with Gasteiger partial charge in [-0.15, -0.1) is 11.3 Å². The van der Waals surface area contributed by atoms with Gasteiger partial charge in [0.15, 0.2) is 0 Å². The Labute approximate surface area is 64.8 Å². The minimum Gasteiger partial charge on any atom is -0.305 e. The van der Waals surface area contributed by atoms with Crippen LogP contribution in [-0.4, -0.2) is 7.11 Å². The second-order valence-corrected chi connectivity index (χ2v) is 3.41. The zero-order valence-corrected chi connectivity index (χ0v) is 6.99. The zero-order valence-electron chi connectivity index (χ0n) is 6.18. The first-order valence-corrected chi connectivity index (χ1v) is 3.95. The van der Waals surface area contributed by atoms with Crippen LogP contribution in [0.15, 0.2) is 12.1 Å². The molecule has 1 aromatic rings. The summed E-state index contributed by atoms with van der Waals surface area (Å²) in [5.41, 5.74) is 2.79. The molecular formula is C7H11NOS. The Morgan fingerprint density at radius 3 is 2.90 bits per heavy atom. The van der Waals surface area contributed by atoms with Crippen molar-refractivity contribution >= 4 is 11.3 Å². The highest BCUT2D eigenvalue weighted by Gasteiger charge is 1.93. The van der Waals surface area contributed by atoms with Gasteiger partial charge < -0.3 is 4.84 Å². The zero-order chi connectivity index (χ0) is 7.40. The van der Waals surface area contributed by atoms with Crippen LogP contribution in [-0.2, 0) is 11.4 Å². The largest absolute Gasteiger partial charge is 0.305 e. The lowest BCUT2D eigenvalue weighted by atomic mass is 10.4. The first kappa shape index (κ1) is 7.72. The predicted molar refractivity (Wildman–Crippen MR) is 42.9 cm³/mol. The minimum atomic E-state index is 0.801. The number of hydroxylamine groups is 1. The SMILES string of the molecule is CONCc1ccc(C)s1. The van der Waals surface area contributed by atoms with Crippen LogP contribution < -0.4 is 5.48 Å². The monoisotopic (exact) mass is 157 g/mol. The molecule has 1 heterocycles. The highest BCUT2D eigenvalue weighted by molar-refractivity contribution is 7.11. The highest BCUT2D eigenvalue weighted by atomic mass is 32.1. The van der Waals surface area contributed by atoms with Crippen molar-refractivity contribution < 1.29 is 4.84 Å². The Balaban J connectivity index is 2.42. The molecule has 0 bridgehead atoms. The summed E-state index contributed by atoms with van der Waals surface area (Å²) in [5.74, 6) is 0. The van der Waals surface area contributed by atoms with Gasteiger partial charge in [0, 0.05) is 9.75 Å². The van der Waals surface area contributed by atoms with E-state index < -0.39 is 0 Å². The van der Waals surface area contributed by atoms with Crippen molar-refractivity contribution in [2.24, 2.45) is 0 Å². The van der Waals surface area contributed by atoms with Crippen LogP contribution in [0, 0.1) is 6.92 Å². The van der Waals surface area contributed by atoms with Crippen LogP contribution in [0.5, 0.6) is 0 Å². The van der Waals surface area contributed by atoms with Crippen LogP contribution in [0.2, 0.25) is 0 Å². The lowest BCUT2D eigenvalue weighted by Gasteiger charge is -1.95. The number of hydrogen-bond acceptors (Lipinski definition) is 3. The summed E-state index contributed by atoms with van der Waals surface area (Å²) >= 11 is 1.79. The number of aryl methyl sites for hydroxylation is 1. The summed E-state index contributed by atoms with van der Waals surface area (Å²) in [7, 11) is 1.63. The lowest BCUT2D eigenvalue weighted by molar-refractivity contribution is 0.0874. The lowest BCUT2D eigenvalue weighted by Crippen LogP contribution is -2.09. The second-order valence-electron chi connectivity index (χ2n) is 2.04. The van der Waals surface area contributed by atoms with Crippen molar-refractivity contribution in [2.75, 3.05) is 7.11 Å². The van der Waals surface area contributed by atoms with Gasteiger partial charge in [-0.1, -0.05) is 0 Å². The van der Waals surface area contributed by atoms with E-state index in [1.165, 1.54) is 9.75 Å². The molecule has 0 saturated carbocycles. The molecule has 0 amide bonds. The minimum absolute atomic E-state index is 0.801. The summed E-state index contributed by atoms with van der Waals surface area (Å²) in [6, 6.07) is 4.21. The Morgan fingerprint density at radius 1 is 1.60 bits per heavy atom. The van der Waals surface area contributed by atoms with Crippen molar-refractivity contribution in [1.29, 1.82) is 0 Å². The molecule has 2 nitrogen and oxygen atoms in total. The molecular weight excluding hydrogens is 146 g/mol. The van der Waals surface area contributed by atoms with Gasteiger partial charge in [0.05, 0.1) is 13.7 Å². The second kappa shape index (κ2) is 3.71. The molecule has 0 aliphatic carbocycles. The van der Waals surface area contributed by atoms with Crippen LogP contribution in [0.4, 0.5) is 0 Å². The molecule has 1 aromatic heterocycles. The smallest absolute Gasteiger partial charge is 0.0572 e. The van der Waals surface area contributed by atoms with E-state index in [4.69, 9.17) is 4.84 Å². The van der Waals surface area contributed by atoms with Crippen molar-refractivity contribution in [3.63, 3.8) is 0 Å². The van der Waals surface area contributed by atoms with E-state index >= 15 is 0 Å². The summed E-state index contributed by atoms with van der Waals surface area (Å²) in [5, 5.41) is 0. The van der Waals surface area contributed by atoms with Crippen molar-refractivity contribution in [3.05, 3.63) is 21.9 Å².